The summed E-state index contributed by atoms with van der Waals surface area (Å²) in [7, 11) is 0. The van der Waals surface area contributed by atoms with Crippen LogP contribution in [0.3, 0.4) is 0 Å². The molecule has 2 rings (SSSR count). The molecule has 0 spiro atoms. The van der Waals surface area contributed by atoms with Gasteiger partial charge in [0.2, 0.25) is 5.91 Å². The van der Waals surface area contributed by atoms with E-state index in [0.717, 1.165) is 44.2 Å². The molecule has 1 fully saturated rings. The summed E-state index contributed by atoms with van der Waals surface area (Å²) in [6.07, 6.45) is 4.23. The average Bonchev–Trinajstić information content (AvgIpc) is 2.59. The van der Waals surface area contributed by atoms with Crippen molar-refractivity contribution in [1.82, 2.24) is 15.5 Å². The summed E-state index contributed by atoms with van der Waals surface area (Å²) in [6.45, 7) is 4.76. The van der Waals surface area contributed by atoms with E-state index in [0.29, 0.717) is 6.54 Å². The van der Waals surface area contributed by atoms with Crippen LogP contribution in [0.5, 0.6) is 0 Å². The molecule has 0 aliphatic carbocycles. The maximum absolute atomic E-state index is 11.9. The third kappa shape index (κ3) is 6.64. The van der Waals surface area contributed by atoms with Crippen molar-refractivity contribution in [2.45, 2.75) is 0 Å². The van der Waals surface area contributed by atoms with Gasteiger partial charge in [0.1, 0.15) is 0 Å². The van der Waals surface area contributed by atoms with Crippen molar-refractivity contribution in [2.24, 2.45) is 0 Å². The summed E-state index contributed by atoms with van der Waals surface area (Å²) in [4.78, 5) is 13.9. The Kier molecular flexibility index (Phi) is 8.09. The van der Waals surface area contributed by atoms with E-state index in [-0.39, 0.29) is 5.91 Å². The van der Waals surface area contributed by atoms with Crippen molar-refractivity contribution >= 4 is 23.7 Å². The van der Waals surface area contributed by atoms with Crippen LogP contribution >= 0.6 is 11.8 Å². The maximum atomic E-state index is 11.9. The quantitative estimate of drug-likeness (QED) is 0.712. The van der Waals surface area contributed by atoms with Crippen LogP contribution in [-0.4, -0.2) is 61.6 Å². The highest BCUT2D eigenvalue weighted by atomic mass is 32.2. The van der Waals surface area contributed by atoms with Gasteiger partial charge in [-0.1, -0.05) is 42.5 Å². The monoisotopic (exact) mass is 319 g/mol. The number of carbonyl (C=O) groups excluding carboxylic acids is 1. The molecular weight excluding hydrogens is 294 g/mol. The lowest BCUT2D eigenvalue weighted by atomic mass is 10.2. The highest BCUT2D eigenvalue weighted by Crippen LogP contribution is 2.08. The molecule has 0 unspecified atom stereocenters. The van der Waals surface area contributed by atoms with Crippen molar-refractivity contribution in [3.63, 3.8) is 0 Å². The van der Waals surface area contributed by atoms with Gasteiger partial charge in [-0.15, -0.1) is 0 Å². The van der Waals surface area contributed by atoms with Gasteiger partial charge >= 0.3 is 0 Å². The lowest BCUT2D eigenvalue weighted by molar-refractivity contribution is -0.129. The van der Waals surface area contributed by atoms with E-state index >= 15 is 0 Å². The van der Waals surface area contributed by atoms with Gasteiger partial charge in [0.05, 0.1) is 6.54 Å². The van der Waals surface area contributed by atoms with Crippen LogP contribution in [0.2, 0.25) is 0 Å². The van der Waals surface area contributed by atoms with Gasteiger partial charge in [0.25, 0.3) is 0 Å². The molecule has 1 aliphatic rings. The molecule has 0 aromatic heterocycles. The molecule has 2 N–H and O–H groups in total. The number of amides is 1. The predicted molar refractivity (Wildman–Crippen MR) is 95.1 cm³/mol. The first-order valence-electron chi connectivity index (χ1n) is 7.85. The van der Waals surface area contributed by atoms with Crippen LogP contribution in [-0.2, 0) is 4.79 Å². The number of hydrogen-bond donors (Lipinski definition) is 2. The number of rotatable bonds is 8. The summed E-state index contributed by atoms with van der Waals surface area (Å²) in [6, 6.07) is 10.3. The van der Waals surface area contributed by atoms with Crippen molar-refractivity contribution in [1.29, 1.82) is 0 Å². The summed E-state index contributed by atoms with van der Waals surface area (Å²) < 4.78 is 0. The highest BCUT2D eigenvalue weighted by Gasteiger charge is 2.15. The molecule has 1 aliphatic heterocycles. The van der Waals surface area contributed by atoms with Gasteiger partial charge in [-0.3, -0.25) is 4.79 Å². The second-order valence-electron chi connectivity index (χ2n) is 5.19. The highest BCUT2D eigenvalue weighted by molar-refractivity contribution is 7.99. The van der Waals surface area contributed by atoms with Crippen LogP contribution in [0.15, 0.2) is 36.4 Å². The first-order valence-corrected chi connectivity index (χ1v) is 9.00. The molecule has 1 aromatic rings. The standard InChI is InChI=1S/C17H25N3OS/c21-17(20-11-13-22-14-12-20)15-19-10-9-18-8-4-7-16-5-2-1-3-6-16/h1-7,18-19H,8-15H2/b7-4+. The fraction of sp³-hybridized carbons (Fsp3) is 0.471. The number of nitrogens with zero attached hydrogens (tertiary/aromatic N) is 1. The molecule has 1 aromatic carbocycles. The lowest BCUT2D eigenvalue weighted by Crippen LogP contribution is -2.43. The third-order valence-corrected chi connectivity index (χ3v) is 4.43. The number of hydrogen-bond acceptors (Lipinski definition) is 4. The number of nitrogens with one attached hydrogen (secondary N) is 2. The van der Waals surface area contributed by atoms with E-state index in [2.05, 4.69) is 34.9 Å². The van der Waals surface area contributed by atoms with Gasteiger partial charge < -0.3 is 15.5 Å². The summed E-state index contributed by atoms with van der Waals surface area (Å²) >= 11 is 1.92. The van der Waals surface area contributed by atoms with Crippen molar-refractivity contribution < 1.29 is 4.79 Å². The SMILES string of the molecule is O=C(CNCCNC/C=C/c1ccccc1)N1CCSCC1. The number of carbonyl (C=O) groups is 1. The van der Waals surface area contributed by atoms with E-state index in [4.69, 9.17) is 0 Å². The molecule has 120 valence electrons. The zero-order chi connectivity index (χ0) is 15.5. The third-order valence-electron chi connectivity index (χ3n) is 3.49. The normalized spacial score (nSPS) is 15.4. The van der Waals surface area contributed by atoms with E-state index < -0.39 is 0 Å². The largest absolute Gasteiger partial charge is 0.340 e. The Morgan fingerprint density at radius 2 is 1.86 bits per heavy atom. The van der Waals surface area contributed by atoms with Crippen molar-refractivity contribution in [3.8, 4) is 0 Å². The Labute approximate surface area is 137 Å². The molecule has 0 saturated carbocycles. The van der Waals surface area contributed by atoms with Crippen LogP contribution < -0.4 is 10.6 Å². The fourth-order valence-electron chi connectivity index (χ4n) is 2.24. The summed E-state index contributed by atoms with van der Waals surface area (Å²) in [5.74, 6) is 2.37. The minimum Gasteiger partial charge on any atom is -0.340 e. The van der Waals surface area contributed by atoms with E-state index in [1.54, 1.807) is 0 Å². The minimum absolute atomic E-state index is 0.226. The van der Waals surface area contributed by atoms with Crippen LogP contribution in [0.25, 0.3) is 6.08 Å². The second kappa shape index (κ2) is 10.4. The molecule has 0 bridgehead atoms. The van der Waals surface area contributed by atoms with Crippen LogP contribution in [0, 0.1) is 0 Å². The minimum atomic E-state index is 0.226. The molecular formula is C17H25N3OS. The Bertz CT molecular complexity index is 458. The zero-order valence-corrected chi connectivity index (χ0v) is 13.8. The van der Waals surface area contributed by atoms with Gasteiger partial charge in [0.15, 0.2) is 0 Å². The van der Waals surface area contributed by atoms with Crippen LogP contribution in [0.1, 0.15) is 5.56 Å². The van der Waals surface area contributed by atoms with Crippen molar-refractivity contribution in [3.05, 3.63) is 42.0 Å². The zero-order valence-electron chi connectivity index (χ0n) is 13.0. The van der Waals surface area contributed by atoms with E-state index in [1.165, 1.54) is 5.56 Å². The van der Waals surface area contributed by atoms with Gasteiger partial charge in [-0.05, 0) is 5.56 Å². The predicted octanol–water partition coefficient (Wildman–Crippen LogP) is 1.45. The Morgan fingerprint density at radius 3 is 2.64 bits per heavy atom. The Balaban J connectivity index is 1.47. The maximum Gasteiger partial charge on any atom is 0.236 e. The molecule has 0 radical (unpaired) electrons. The summed E-state index contributed by atoms with van der Waals surface area (Å²) in [5, 5.41) is 6.54. The molecule has 1 saturated heterocycles. The van der Waals surface area contributed by atoms with E-state index in [9.17, 15) is 4.79 Å². The number of benzene rings is 1. The molecule has 22 heavy (non-hydrogen) atoms. The molecule has 5 heteroatoms. The van der Waals surface area contributed by atoms with Crippen molar-refractivity contribution in [2.75, 3.05) is 50.8 Å². The van der Waals surface area contributed by atoms with Gasteiger partial charge in [-0.25, -0.2) is 0 Å². The Morgan fingerprint density at radius 1 is 1.14 bits per heavy atom. The second-order valence-corrected chi connectivity index (χ2v) is 6.41. The van der Waals surface area contributed by atoms with E-state index in [1.807, 2.05) is 34.9 Å². The Hall–Kier alpha value is -1.30. The molecule has 1 amide bonds. The number of thioether (sulfide) groups is 1. The summed E-state index contributed by atoms with van der Waals surface area (Å²) in [5.41, 5.74) is 1.22. The fourth-order valence-corrected chi connectivity index (χ4v) is 3.14. The van der Waals surface area contributed by atoms with Gasteiger partial charge in [0, 0.05) is 44.2 Å². The smallest absolute Gasteiger partial charge is 0.236 e. The topological polar surface area (TPSA) is 44.4 Å². The van der Waals surface area contributed by atoms with Crippen LogP contribution in [0.4, 0.5) is 0 Å². The molecule has 4 nitrogen and oxygen atoms in total. The average molecular weight is 319 g/mol. The first-order chi connectivity index (χ1) is 10.9. The lowest BCUT2D eigenvalue weighted by Gasteiger charge is -2.26. The molecule has 1 heterocycles. The molecule has 0 atom stereocenters. The van der Waals surface area contributed by atoms with Gasteiger partial charge in [-0.2, -0.15) is 11.8 Å². The first kappa shape index (κ1) is 17.1.